The SMILES string of the molecule is CCc1cc(C#CC(C)(C)C)sc1C=O. The number of hydrogen-bond donors (Lipinski definition) is 0. The van der Waals surface area contributed by atoms with Crippen LogP contribution in [0, 0.1) is 17.3 Å². The van der Waals surface area contributed by atoms with Gasteiger partial charge in [-0.15, -0.1) is 11.3 Å². The van der Waals surface area contributed by atoms with Gasteiger partial charge in [0.15, 0.2) is 6.29 Å². The highest BCUT2D eigenvalue weighted by molar-refractivity contribution is 7.14. The average Bonchev–Trinajstić information content (AvgIpc) is 2.56. The fraction of sp³-hybridized carbons (Fsp3) is 0.462. The summed E-state index contributed by atoms with van der Waals surface area (Å²) < 4.78 is 0. The number of thiophene rings is 1. The van der Waals surface area contributed by atoms with Crippen molar-refractivity contribution in [3.8, 4) is 11.8 Å². The first-order valence-corrected chi connectivity index (χ1v) is 5.89. The second-order valence-corrected chi connectivity index (χ2v) is 5.56. The molecule has 0 saturated heterocycles. The van der Waals surface area contributed by atoms with Crippen molar-refractivity contribution in [1.29, 1.82) is 0 Å². The van der Waals surface area contributed by atoms with E-state index in [0.717, 1.165) is 28.0 Å². The summed E-state index contributed by atoms with van der Waals surface area (Å²) in [6, 6.07) is 2.02. The zero-order valence-electron chi connectivity index (χ0n) is 9.68. The summed E-state index contributed by atoms with van der Waals surface area (Å²) in [7, 11) is 0. The summed E-state index contributed by atoms with van der Waals surface area (Å²) in [5.74, 6) is 6.30. The molecule has 0 amide bonds. The molecule has 1 heterocycles. The standard InChI is InChI=1S/C13H16OS/c1-5-10-8-11(15-12(10)9-14)6-7-13(2,3)4/h8-9H,5H2,1-4H3. The van der Waals surface area contributed by atoms with Gasteiger partial charge < -0.3 is 0 Å². The molecule has 0 fully saturated rings. The smallest absolute Gasteiger partial charge is 0.160 e. The monoisotopic (exact) mass is 220 g/mol. The molecule has 0 spiro atoms. The van der Waals surface area contributed by atoms with Crippen LogP contribution in [0.4, 0.5) is 0 Å². The third kappa shape index (κ3) is 3.53. The van der Waals surface area contributed by atoms with Crippen LogP contribution >= 0.6 is 11.3 Å². The maximum atomic E-state index is 10.8. The molecule has 0 aliphatic carbocycles. The molecule has 1 rings (SSSR count). The number of carbonyl (C=O) groups excluding carboxylic acids is 1. The van der Waals surface area contributed by atoms with Crippen LogP contribution < -0.4 is 0 Å². The van der Waals surface area contributed by atoms with E-state index in [4.69, 9.17) is 0 Å². The highest BCUT2D eigenvalue weighted by Gasteiger charge is 2.07. The number of aryl methyl sites for hydroxylation is 1. The summed E-state index contributed by atoms with van der Waals surface area (Å²) >= 11 is 1.48. The molecule has 2 heteroatoms. The summed E-state index contributed by atoms with van der Waals surface area (Å²) in [5.41, 5.74) is 1.12. The maximum absolute atomic E-state index is 10.8. The molecule has 0 unspecified atom stereocenters. The topological polar surface area (TPSA) is 17.1 Å². The second kappa shape index (κ2) is 4.63. The maximum Gasteiger partial charge on any atom is 0.160 e. The van der Waals surface area contributed by atoms with Gasteiger partial charge in [-0.05, 0) is 38.8 Å². The van der Waals surface area contributed by atoms with E-state index in [0.29, 0.717) is 0 Å². The fourth-order valence-electron chi connectivity index (χ4n) is 1.13. The lowest BCUT2D eigenvalue weighted by atomic mass is 9.98. The second-order valence-electron chi connectivity index (χ2n) is 4.47. The Morgan fingerprint density at radius 1 is 1.47 bits per heavy atom. The Labute approximate surface area is 95.5 Å². The van der Waals surface area contributed by atoms with Gasteiger partial charge in [-0.3, -0.25) is 4.79 Å². The van der Waals surface area contributed by atoms with E-state index in [-0.39, 0.29) is 5.41 Å². The highest BCUT2D eigenvalue weighted by Crippen LogP contribution is 2.21. The zero-order chi connectivity index (χ0) is 11.5. The Kier molecular flexibility index (Phi) is 3.71. The van der Waals surface area contributed by atoms with Crippen molar-refractivity contribution < 1.29 is 4.79 Å². The van der Waals surface area contributed by atoms with E-state index in [1.54, 1.807) is 0 Å². The van der Waals surface area contributed by atoms with Crippen LogP contribution in [0.1, 0.15) is 47.8 Å². The molecule has 1 aromatic rings. The molecule has 15 heavy (non-hydrogen) atoms. The Balaban J connectivity index is 3.01. The van der Waals surface area contributed by atoms with Gasteiger partial charge in [0.05, 0.1) is 9.75 Å². The number of carbonyl (C=O) groups is 1. The van der Waals surface area contributed by atoms with Gasteiger partial charge in [-0.25, -0.2) is 0 Å². The molecule has 1 nitrogen and oxygen atoms in total. The number of rotatable bonds is 2. The first-order valence-electron chi connectivity index (χ1n) is 5.07. The predicted molar refractivity (Wildman–Crippen MR) is 65.4 cm³/mol. The molecule has 0 radical (unpaired) electrons. The first-order chi connectivity index (χ1) is 6.96. The molecule has 0 aliphatic rings. The van der Waals surface area contributed by atoms with Crippen LogP contribution in [0.15, 0.2) is 6.07 Å². The van der Waals surface area contributed by atoms with Crippen molar-refractivity contribution >= 4 is 17.6 Å². The third-order valence-electron chi connectivity index (χ3n) is 1.89. The van der Waals surface area contributed by atoms with Crippen molar-refractivity contribution in [2.24, 2.45) is 5.41 Å². The molecule has 80 valence electrons. The van der Waals surface area contributed by atoms with Crippen molar-refractivity contribution in [3.63, 3.8) is 0 Å². The largest absolute Gasteiger partial charge is 0.297 e. The Hall–Kier alpha value is -1.07. The summed E-state index contributed by atoms with van der Waals surface area (Å²) in [6.45, 7) is 8.29. The van der Waals surface area contributed by atoms with Gasteiger partial charge in [0.25, 0.3) is 0 Å². The Morgan fingerprint density at radius 3 is 2.53 bits per heavy atom. The van der Waals surface area contributed by atoms with E-state index >= 15 is 0 Å². The fourth-order valence-corrected chi connectivity index (χ4v) is 2.05. The van der Waals surface area contributed by atoms with Gasteiger partial charge in [-0.2, -0.15) is 0 Å². The number of hydrogen-bond acceptors (Lipinski definition) is 2. The quantitative estimate of drug-likeness (QED) is 0.550. The van der Waals surface area contributed by atoms with Crippen LogP contribution in [-0.2, 0) is 6.42 Å². The van der Waals surface area contributed by atoms with Crippen molar-refractivity contribution in [3.05, 3.63) is 21.4 Å². The number of aldehydes is 1. The van der Waals surface area contributed by atoms with E-state index < -0.39 is 0 Å². The molecule has 0 aliphatic heterocycles. The predicted octanol–water partition coefficient (Wildman–Crippen LogP) is 3.52. The summed E-state index contributed by atoms with van der Waals surface area (Å²) in [4.78, 5) is 12.6. The molecular formula is C13H16OS. The minimum Gasteiger partial charge on any atom is -0.297 e. The van der Waals surface area contributed by atoms with E-state index in [2.05, 4.69) is 39.5 Å². The lowest BCUT2D eigenvalue weighted by molar-refractivity contribution is 0.112. The van der Waals surface area contributed by atoms with E-state index in [9.17, 15) is 4.79 Å². The molecule has 0 aromatic carbocycles. The lowest BCUT2D eigenvalue weighted by Gasteiger charge is -2.06. The first kappa shape index (κ1) is 12.0. The van der Waals surface area contributed by atoms with Gasteiger partial charge in [-0.1, -0.05) is 18.8 Å². The normalized spacial score (nSPS) is 10.7. The van der Waals surface area contributed by atoms with Gasteiger partial charge >= 0.3 is 0 Å². The van der Waals surface area contributed by atoms with Crippen LogP contribution in [-0.4, -0.2) is 6.29 Å². The van der Waals surface area contributed by atoms with Crippen molar-refractivity contribution in [2.45, 2.75) is 34.1 Å². The van der Waals surface area contributed by atoms with Crippen LogP contribution in [0.5, 0.6) is 0 Å². The third-order valence-corrected chi connectivity index (χ3v) is 2.91. The molecular weight excluding hydrogens is 204 g/mol. The van der Waals surface area contributed by atoms with Gasteiger partial charge in [0.2, 0.25) is 0 Å². The van der Waals surface area contributed by atoms with Crippen LogP contribution in [0.3, 0.4) is 0 Å². The molecule has 0 atom stereocenters. The summed E-state index contributed by atoms with van der Waals surface area (Å²) in [5, 5.41) is 0. The molecule has 0 bridgehead atoms. The zero-order valence-corrected chi connectivity index (χ0v) is 10.5. The minimum absolute atomic E-state index is 0.0116. The van der Waals surface area contributed by atoms with Crippen molar-refractivity contribution in [1.82, 2.24) is 0 Å². The van der Waals surface area contributed by atoms with Crippen molar-refractivity contribution in [2.75, 3.05) is 0 Å². The molecule has 1 aromatic heterocycles. The minimum atomic E-state index is 0.0116. The lowest BCUT2D eigenvalue weighted by Crippen LogP contribution is -1.98. The van der Waals surface area contributed by atoms with Crippen LogP contribution in [0.2, 0.25) is 0 Å². The molecule has 0 saturated carbocycles. The van der Waals surface area contributed by atoms with Crippen LogP contribution in [0.25, 0.3) is 0 Å². The average molecular weight is 220 g/mol. The Morgan fingerprint density at radius 2 is 2.13 bits per heavy atom. The van der Waals surface area contributed by atoms with Gasteiger partial charge in [0, 0.05) is 5.41 Å². The van der Waals surface area contributed by atoms with Gasteiger partial charge in [0.1, 0.15) is 0 Å². The van der Waals surface area contributed by atoms with E-state index in [1.807, 2.05) is 6.07 Å². The Bertz CT molecular complexity index is 410. The molecule has 0 N–H and O–H groups in total. The summed E-state index contributed by atoms with van der Waals surface area (Å²) in [6.07, 6.45) is 1.81. The van der Waals surface area contributed by atoms with E-state index in [1.165, 1.54) is 11.3 Å². The highest BCUT2D eigenvalue weighted by atomic mass is 32.1.